The van der Waals surface area contributed by atoms with E-state index >= 15 is 0 Å². The molecule has 0 amide bonds. The molecule has 3 rings (SSSR count). The molecule has 4 N–H and O–H groups in total. The Morgan fingerprint density at radius 1 is 0.760 bits per heavy atom. The van der Waals surface area contributed by atoms with Gasteiger partial charge in [-0.05, 0) is 30.3 Å². The summed E-state index contributed by atoms with van der Waals surface area (Å²) in [5, 5.41) is 12.8. The third-order valence-electron chi connectivity index (χ3n) is 3.47. The molecule has 0 atom stereocenters. The van der Waals surface area contributed by atoms with Crippen molar-refractivity contribution in [3.8, 4) is 22.8 Å². The zero-order valence-electron chi connectivity index (χ0n) is 12.9. The van der Waals surface area contributed by atoms with Crippen LogP contribution in [-0.4, -0.2) is 19.9 Å². The first-order valence-electron chi connectivity index (χ1n) is 7.24. The van der Waals surface area contributed by atoms with Gasteiger partial charge in [0.2, 0.25) is 11.4 Å². The maximum atomic E-state index is 12.8. The smallest absolute Gasteiger partial charge is 0.242 e. The molecule has 0 spiro atoms. The lowest BCUT2D eigenvalue weighted by Gasteiger charge is -2.10. The van der Waals surface area contributed by atoms with Crippen LogP contribution in [0.5, 0.6) is 0 Å². The third-order valence-corrected chi connectivity index (χ3v) is 3.89. The predicted octanol–water partition coefficient (Wildman–Crippen LogP) is 1.71. The Morgan fingerprint density at radius 2 is 1.16 bits per heavy atom. The van der Waals surface area contributed by atoms with E-state index in [1.807, 2.05) is 0 Å². The van der Waals surface area contributed by atoms with Crippen LogP contribution in [-0.2, 0) is 0 Å². The molecule has 8 heteroatoms. The zero-order valence-corrected chi connectivity index (χ0v) is 14.6. The van der Waals surface area contributed by atoms with Gasteiger partial charge in [0.25, 0.3) is 0 Å². The maximum absolute atomic E-state index is 12.8. The minimum absolute atomic E-state index is 0.168. The van der Waals surface area contributed by atoms with E-state index in [1.165, 1.54) is 0 Å². The fourth-order valence-corrected chi connectivity index (χ4v) is 2.53. The van der Waals surface area contributed by atoms with Crippen LogP contribution < -0.4 is 16.2 Å². The predicted molar refractivity (Wildman–Crippen MR) is 104 cm³/mol. The van der Waals surface area contributed by atoms with Crippen LogP contribution >= 0.6 is 24.4 Å². The minimum Gasteiger partial charge on any atom is -0.618 e. The van der Waals surface area contributed by atoms with Crippen LogP contribution in [0.3, 0.4) is 0 Å². The molecule has 0 saturated carbocycles. The zero-order chi connectivity index (χ0) is 18.0. The van der Waals surface area contributed by atoms with Crippen LogP contribution in [0.4, 0.5) is 0 Å². The Labute approximate surface area is 154 Å². The number of aromatic nitrogens is 3. The van der Waals surface area contributed by atoms with Gasteiger partial charge in [-0.1, -0.05) is 36.6 Å². The van der Waals surface area contributed by atoms with E-state index in [-0.39, 0.29) is 9.98 Å². The van der Waals surface area contributed by atoms with Gasteiger partial charge in [-0.15, -0.1) is 0 Å². The van der Waals surface area contributed by atoms with Crippen molar-refractivity contribution in [2.45, 2.75) is 0 Å². The van der Waals surface area contributed by atoms with Crippen LogP contribution in [0.1, 0.15) is 11.4 Å². The molecule has 0 aliphatic heterocycles. The van der Waals surface area contributed by atoms with Crippen molar-refractivity contribution in [1.82, 2.24) is 9.97 Å². The van der Waals surface area contributed by atoms with Crippen molar-refractivity contribution < 1.29 is 4.73 Å². The van der Waals surface area contributed by atoms with Gasteiger partial charge in [0.05, 0.1) is 11.4 Å². The summed E-state index contributed by atoms with van der Waals surface area (Å²) in [5.41, 5.74) is 13.8. The highest BCUT2D eigenvalue weighted by atomic mass is 32.1. The lowest BCUT2D eigenvalue weighted by molar-refractivity contribution is -0.582. The van der Waals surface area contributed by atoms with E-state index in [4.69, 9.17) is 35.9 Å². The van der Waals surface area contributed by atoms with Gasteiger partial charge >= 0.3 is 0 Å². The normalized spacial score (nSPS) is 10.4. The summed E-state index contributed by atoms with van der Waals surface area (Å²) in [6.45, 7) is 0. The molecule has 124 valence electrons. The molecular weight excluding hydrogens is 354 g/mol. The van der Waals surface area contributed by atoms with E-state index < -0.39 is 0 Å². The molecule has 0 fully saturated rings. The van der Waals surface area contributed by atoms with E-state index in [0.717, 1.165) is 4.73 Å². The Kier molecular flexibility index (Phi) is 4.64. The molecule has 0 radical (unpaired) electrons. The summed E-state index contributed by atoms with van der Waals surface area (Å²) in [6.07, 6.45) is 0. The van der Waals surface area contributed by atoms with Crippen LogP contribution in [0.15, 0.2) is 54.6 Å². The second-order valence-electron chi connectivity index (χ2n) is 5.14. The van der Waals surface area contributed by atoms with Gasteiger partial charge in [-0.3, -0.25) is 0 Å². The monoisotopic (exact) mass is 367 g/mol. The number of hydrogen-bond donors (Lipinski definition) is 2. The Hall–Kier alpha value is -2.97. The van der Waals surface area contributed by atoms with E-state index in [1.54, 1.807) is 54.6 Å². The average Bonchev–Trinajstić information content (AvgIpc) is 2.62. The maximum Gasteiger partial charge on any atom is 0.242 e. The highest BCUT2D eigenvalue weighted by Crippen LogP contribution is 2.19. The number of rotatable bonds is 4. The van der Waals surface area contributed by atoms with E-state index in [2.05, 4.69) is 9.97 Å². The largest absolute Gasteiger partial charge is 0.618 e. The summed E-state index contributed by atoms with van der Waals surface area (Å²) in [4.78, 5) is 9.01. The quantitative estimate of drug-likeness (QED) is 0.411. The van der Waals surface area contributed by atoms with Gasteiger partial charge < -0.3 is 16.7 Å². The third kappa shape index (κ3) is 3.44. The van der Waals surface area contributed by atoms with Crippen molar-refractivity contribution >= 4 is 34.4 Å². The first-order valence-corrected chi connectivity index (χ1v) is 8.06. The SMILES string of the molecule is NC(=S)c1cccc(-c2cccc(-c3cccc(C(N)=S)n3)[n+]2[O-])n1. The number of nitrogens with zero attached hydrogens (tertiary/aromatic N) is 3. The van der Waals surface area contributed by atoms with Crippen molar-refractivity contribution in [3.05, 3.63) is 71.2 Å². The summed E-state index contributed by atoms with van der Waals surface area (Å²) < 4.78 is 0.761. The fourth-order valence-electron chi connectivity index (χ4n) is 2.30. The molecule has 0 saturated heterocycles. The highest BCUT2D eigenvalue weighted by molar-refractivity contribution is 7.80. The summed E-state index contributed by atoms with van der Waals surface area (Å²) in [7, 11) is 0. The summed E-state index contributed by atoms with van der Waals surface area (Å²) in [5.74, 6) is 0. The minimum atomic E-state index is 0.168. The molecule has 25 heavy (non-hydrogen) atoms. The van der Waals surface area contributed by atoms with Gasteiger partial charge in [-0.25, -0.2) is 9.97 Å². The highest BCUT2D eigenvalue weighted by Gasteiger charge is 2.18. The van der Waals surface area contributed by atoms with Crippen molar-refractivity contribution in [1.29, 1.82) is 0 Å². The van der Waals surface area contributed by atoms with Crippen molar-refractivity contribution in [3.63, 3.8) is 0 Å². The standard InChI is InChI=1S/C17H13N5OS2/c18-16(24)12-6-1-4-10(20-12)14-8-3-9-15(22(14)23)11-5-2-7-13(21-11)17(19)25/h1-9H,(H2,18,24)(H2,19,25). The molecule has 0 aliphatic carbocycles. The Balaban J connectivity index is 2.13. The molecule has 0 bridgehead atoms. The first-order chi connectivity index (χ1) is 12.0. The van der Waals surface area contributed by atoms with Gasteiger partial charge in [0.15, 0.2) is 0 Å². The van der Waals surface area contributed by atoms with Gasteiger partial charge in [-0.2, -0.15) is 4.73 Å². The van der Waals surface area contributed by atoms with Crippen LogP contribution in [0.25, 0.3) is 22.8 Å². The van der Waals surface area contributed by atoms with Gasteiger partial charge in [0.1, 0.15) is 21.4 Å². The average molecular weight is 367 g/mol. The number of thiocarbonyl (C=S) groups is 2. The van der Waals surface area contributed by atoms with Crippen LogP contribution in [0, 0.1) is 5.21 Å². The van der Waals surface area contributed by atoms with Crippen molar-refractivity contribution in [2.75, 3.05) is 0 Å². The Morgan fingerprint density at radius 3 is 1.56 bits per heavy atom. The Bertz CT molecular complexity index is 915. The molecular formula is C17H13N5OS2. The number of pyridine rings is 3. The molecule has 0 aliphatic rings. The molecule has 3 aromatic rings. The second kappa shape index (κ2) is 6.88. The lowest BCUT2D eigenvalue weighted by Crippen LogP contribution is -2.32. The summed E-state index contributed by atoms with van der Waals surface area (Å²) >= 11 is 9.88. The molecule has 6 nitrogen and oxygen atoms in total. The van der Waals surface area contributed by atoms with E-state index in [0.29, 0.717) is 34.2 Å². The molecule has 0 unspecified atom stereocenters. The number of nitrogens with two attached hydrogens (primary N) is 2. The second-order valence-corrected chi connectivity index (χ2v) is 6.01. The van der Waals surface area contributed by atoms with Gasteiger partial charge in [0, 0.05) is 12.1 Å². The molecule has 3 aromatic heterocycles. The molecule has 0 aromatic carbocycles. The fraction of sp³-hybridized carbons (Fsp3) is 0. The lowest BCUT2D eigenvalue weighted by atomic mass is 10.1. The van der Waals surface area contributed by atoms with Crippen molar-refractivity contribution in [2.24, 2.45) is 11.5 Å². The first kappa shape index (κ1) is 16.9. The topological polar surface area (TPSA) is 105 Å². The van der Waals surface area contributed by atoms with Crippen LogP contribution in [0.2, 0.25) is 0 Å². The summed E-state index contributed by atoms with van der Waals surface area (Å²) in [6, 6.07) is 15.4. The number of hydrogen-bond acceptors (Lipinski definition) is 5. The van der Waals surface area contributed by atoms with E-state index in [9.17, 15) is 5.21 Å². The molecule has 3 heterocycles.